The Morgan fingerprint density at radius 1 is 1.29 bits per heavy atom. The lowest BCUT2D eigenvalue weighted by atomic mass is 10.2. The van der Waals surface area contributed by atoms with E-state index in [-0.39, 0.29) is 12.3 Å². The van der Waals surface area contributed by atoms with Gasteiger partial charge in [0.1, 0.15) is 5.65 Å². The molecule has 0 unspecified atom stereocenters. The van der Waals surface area contributed by atoms with E-state index in [1.54, 1.807) is 12.4 Å². The van der Waals surface area contributed by atoms with Gasteiger partial charge in [-0.25, -0.2) is 9.97 Å². The van der Waals surface area contributed by atoms with Crippen molar-refractivity contribution in [2.45, 2.75) is 19.9 Å². The molecule has 4 heterocycles. The summed E-state index contributed by atoms with van der Waals surface area (Å²) in [6, 6.07) is 7.74. The van der Waals surface area contributed by atoms with Crippen molar-refractivity contribution in [1.82, 2.24) is 29.9 Å². The Balaban J connectivity index is 1.47. The summed E-state index contributed by atoms with van der Waals surface area (Å²) in [7, 11) is 0. The summed E-state index contributed by atoms with van der Waals surface area (Å²) in [5.41, 5.74) is 4.33. The molecule has 0 aliphatic heterocycles. The van der Waals surface area contributed by atoms with Gasteiger partial charge in [0.2, 0.25) is 5.91 Å². The van der Waals surface area contributed by atoms with Crippen molar-refractivity contribution in [3.05, 3.63) is 59.8 Å². The number of amides is 1. The third-order valence-corrected chi connectivity index (χ3v) is 4.02. The number of imidazole rings is 1. The van der Waals surface area contributed by atoms with E-state index >= 15 is 0 Å². The molecule has 4 rings (SSSR count). The van der Waals surface area contributed by atoms with Gasteiger partial charge in [-0.15, -0.1) is 0 Å². The first-order valence-corrected chi connectivity index (χ1v) is 7.68. The van der Waals surface area contributed by atoms with Crippen molar-refractivity contribution in [2.75, 3.05) is 0 Å². The van der Waals surface area contributed by atoms with Gasteiger partial charge in [-0.1, -0.05) is 6.07 Å². The van der Waals surface area contributed by atoms with Crippen LogP contribution in [0.1, 0.15) is 17.0 Å². The van der Waals surface area contributed by atoms with E-state index in [1.807, 2.05) is 41.8 Å². The number of aromatic amines is 1. The quantitative estimate of drug-likeness (QED) is 0.600. The topological polar surface area (TPSA) is 88.0 Å². The highest BCUT2D eigenvalue weighted by atomic mass is 16.1. The standard InChI is InChI=1S/C17H16N6O/c1-11-4-3-7-23-12(9-20-17(11)23)8-15(24)19-10-14-13-5-2-6-18-16(13)22-21-14/h2-7,9H,8,10H2,1H3,(H,19,24)(H,18,21,22). The number of hydrogen-bond acceptors (Lipinski definition) is 4. The van der Waals surface area contributed by atoms with Gasteiger partial charge >= 0.3 is 0 Å². The molecule has 0 fully saturated rings. The number of aromatic nitrogens is 5. The maximum absolute atomic E-state index is 12.3. The molecule has 0 aliphatic carbocycles. The minimum atomic E-state index is -0.0649. The number of pyridine rings is 2. The van der Waals surface area contributed by atoms with Crippen LogP contribution in [0, 0.1) is 6.92 Å². The lowest BCUT2D eigenvalue weighted by Crippen LogP contribution is -2.25. The number of H-pyrrole nitrogens is 1. The third-order valence-electron chi connectivity index (χ3n) is 4.02. The molecule has 24 heavy (non-hydrogen) atoms. The molecular formula is C17H16N6O. The summed E-state index contributed by atoms with van der Waals surface area (Å²) >= 11 is 0. The summed E-state index contributed by atoms with van der Waals surface area (Å²) < 4.78 is 1.95. The largest absolute Gasteiger partial charge is 0.350 e. The number of nitrogens with one attached hydrogen (secondary N) is 2. The Morgan fingerprint density at radius 2 is 2.21 bits per heavy atom. The number of aryl methyl sites for hydroxylation is 1. The zero-order valence-electron chi connectivity index (χ0n) is 13.2. The molecule has 7 nitrogen and oxygen atoms in total. The van der Waals surface area contributed by atoms with Crippen molar-refractivity contribution in [2.24, 2.45) is 0 Å². The Kier molecular flexibility index (Phi) is 3.45. The van der Waals surface area contributed by atoms with Crippen molar-refractivity contribution >= 4 is 22.6 Å². The smallest absolute Gasteiger partial charge is 0.226 e. The van der Waals surface area contributed by atoms with Crippen LogP contribution in [0.25, 0.3) is 16.7 Å². The molecule has 0 aliphatic rings. The van der Waals surface area contributed by atoms with Crippen LogP contribution in [0.5, 0.6) is 0 Å². The van der Waals surface area contributed by atoms with Crippen molar-refractivity contribution < 1.29 is 4.79 Å². The Labute approximate surface area is 137 Å². The summed E-state index contributed by atoms with van der Waals surface area (Å²) in [5, 5.41) is 10.9. The molecule has 4 aromatic heterocycles. The second kappa shape index (κ2) is 5.77. The first-order chi connectivity index (χ1) is 11.7. The summed E-state index contributed by atoms with van der Waals surface area (Å²) in [6.45, 7) is 2.39. The number of fused-ring (bicyclic) bond motifs is 2. The molecule has 120 valence electrons. The van der Waals surface area contributed by atoms with Crippen LogP contribution >= 0.6 is 0 Å². The summed E-state index contributed by atoms with van der Waals surface area (Å²) in [6.07, 6.45) is 5.64. The molecule has 0 atom stereocenters. The van der Waals surface area contributed by atoms with E-state index in [2.05, 4.69) is 25.5 Å². The Bertz CT molecular complexity index is 1030. The molecule has 0 saturated heterocycles. The molecule has 0 saturated carbocycles. The molecule has 4 aromatic rings. The molecule has 0 aromatic carbocycles. The van der Waals surface area contributed by atoms with Gasteiger partial charge < -0.3 is 9.72 Å². The van der Waals surface area contributed by atoms with Crippen LogP contribution in [0.4, 0.5) is 0 Å². The van der Waals surface area contributed by atoms with E-state index in [0.29, 0.717) is 12.2 Å². The van der Waals surface area contributed by atoms with Gasteiger partial charge in [0.05, 0.1) is 24.4 Å². The summed E-state index contributed by atoms with van der Waals surface area (Å²) in [4.78, 5) is 20.8. The third kappa shape index (κ3) is 2.50. The Hall–Kier alpha value is -3.22. The SMILES string of the molecule is Cc1cccn2c(CC(=O)NCc3[nH]nc4ncccc34)cnc12. The van der Waals surface area contributed by atoms with Gasteiger partial charge in [0, 0.05) is 24.0 Å². The van der Waals surface area contributed by atoms with Gasteiger partial charge in [0.15, 0.2) is 5.65 Å². The second-order valence-corrected chi connectivity index (χ2v) is 5.66. The number of carbonyl (C=O) groups is 1. The lowest BCUT2D eigenvalue weighted by molar-refractivity contribution is -0.120. The van der Waals surface area contributed by atoms with E-state index in [4.69, 9.17) is 0 Å². The van der Waals surface area contributed by atoms with Gasteiger partial charge in [0.25, 0.3) is 0 Å². The molecule has 2 N–H and O–H groups in total. The molecular weight excluding hydrogens is 304 g/mol. The van der Waals surface area contributed by atoms with Crippen LogP contribution < -0.4 is 5.32 Å². The van der Waals surface area contributed by atoms with Gasteiger partial charge in [-0.05, 0) is 30.7 Å². The van der Waals surface area contributed by atoms with Crippen molar-refractivity contribution in [3.8, 4) is 0 Å². The number of hydrogen-bond donors (Lipinski definition) is 2. The van der Waals surface area contributed by atoms with Gasteiger partial charge in [-0.2, -0.15) is 5.10 Å². The van der Waals surface area contributed by atoms with Crippen molar-refractivity contribution in [3.63, 3.8) is 0 Å². The van der Waals surface area contributed by atoms with Crippen LogP contribution in [0.15, 0.2) is 42.9 Å². The van der Waals surface area contributed by atoms with E-state index in [9.17, 15) is 4.79 Å². The highest BCUT2D eigenvalue weighted by Crippen LogP contribution is 2.13. The first kappa shape index (κ1) is 14.4. The fourth-order valence-corrected chi connectivity index (χ4v) is 2.78. The molecule has 0 spiro atoms. The maximum Gasteiger partial charge on any atom is 0.226 e. The van der Waals surface area contributed by atoms with Crippen LogP contribution in [-0.4, -0.2) is 30.5 Å². The fraction of sp³-hybridized carbons (Fsp3) is 0.176. The molecule has 0 bridgehead atoms. The van der Waals surface area contributed by atoms with E-state index < -0.39 is 0 Å². The minimum Gasteiger partial charge on any atom is -0.350 e. The van der Waals surface area contributed by atoms with E-state index in [1.165, 1.54) is 0 Å². The minimum absolute atomic E-state index is 0.0649. The highest BCUT2D eigenvalue weighted by molar-refractivity contribution is 5.80. The number of rotatable bonds is 4. The molecule has 7 heteroatoms. The van der Waals surface area contributed by atoms with Crippen molar-refractivity contribution in [1.29, 1.82) is 0 Å². The molecule has 1 amide bonds. The second-order valence-electron chi connectivity index (χ2n) is 5.66. The monoisotopic (exact) mass is 320 g/mol. The zero-order valence-corrected chi connectivity index (χ0v) is 13.2. The first-order valence-electron chi connectivity index (χ1n) is 7.68. The van der Waals surface area contributed by atoms with Crippen LogP contribution in [0.2, 0.25) is 0 Å². The number of nitrogens with zero attached hydrogens (tertiary/aromatic N) is 4. The average molecular weight is 320 g/mol. The highest BCUT2D eigenvalue weighted by Gasteiger charge is 2.11. The average Bonchev–Trinajstić information content (AvgIpc) is 3.18. The fourth-order valence-electron chi connectivity index (χ4n) is 2.78. The maximum atomic E-state index is 12.3. The number of carbonyl (C=O) groups excluding carboxylic acids is 1. The van der Waals surface area contributed by atoms with Crippen LogP contribution in [-0.2, 0) is 17.8 Å². The zero-order chi connectivity index (χ0) is 16.5. The van der Waals surface area contributed by atoms with Gasteiger partial charge in [-0.3, -0.25) is 9.89 Å². The van der Waals surface area contributed by atoms with E-state index in [0.717, 1.165) is 28.0 Å². The predicted molar refractivity (Wildman–Crippen MR) is 89.4 cm³/mol. The lowest BCUT2D eigenvalue weighted by Gasteiger charge is -2.05. The molecule has 0 radical (unpaired) electrons. The van der Waals surface area contributed by atoms with Crippen LogP contribution in [0.3, 0.4) is 0 Å². The summed E-state index contributed by atoms with van der Waals surface area (Å²) in [5.74, 6) is -0.0649. The Morgan fingerprint density at radius 3 is 3.12 bits per heavy atom. The predicted octanol–water partition coefficient (Wildman–Crippen LogP) is 1.77. The normalized spacial score (nSPS) is 11.2.